The summed E-state index contributed by atoms with van der Waals surface area (Å²) in [5, 5.41) is 0.696. The molecule has 0 N–H and O–H groups in total. The summed E-state index contributed by atoms with van der Waals surface area (Å²) in [6.07, 6.45) is 0. The van der Waals surface area contributed by atoms with Crippen LogP contribution in [0.5, 0.6) is 11.5 Å². The van der Waals surface area contributed by atoms with Gasteiger partial charge in [0.25, 0.3) is 0 Å². The highest BCUT2D eigenvalue weighted by Crippen LogP contribution is 2.25. The number of hydrogen-bond donors (Lipinski definition) is 0. The third-order valence-corrected chi connectivity index (χ3v) is 2.49. The van der Waals surface area contributed by atoms with E-state index in [0.717, 1.165) is 17.1 Å². The van der Waals surface area contributed by atoms with Crippen LogP contribution in [0.15, 0.2) is 42.5 Å². The van der Waals surface area contributed by atoms with Gasteiger partial charge in [-0.3, -0.25) is 0 Å². The second kappa shape index (κ2) is 4.58. The largest absolute Gasteiger partial charge is 0.457 e. The maximum atomic E-state index is 5.96. The van der Waals surface area contributed by atoms with Gasteiger partial charge in [-0.05, 0) is 49.7 Å². The van der Waals surface area contributed by atoms with Crippen molar-refractivity contribution < 1.29 is 4.74 Å². The second-order valence-electron chi connectivity index (χ2n) is 3.88. The molecule has 82 valence electrons. The Balaban J connectivity index is 2.23. The third-order valence-electron chi connectivity index (χ3n) is 2.27. The first-order valence-corrected chi connectivity index (χ1v) is 5.53. The SMILES string of the molecule is Cc1ccc(Oc2cc(C)cc(Cl)c2)cc1. The molecule has 0 saturated heterocycles. The minimum absolute atomic E-state index is 0.696. The molecule has 2 heteroatoms. The summed E-state index contributed by atoms with van der Waals surface area (Å²) in [4.78, 5) is 0. The van der Waals surface area contributed by atoms with E-state index in [0.29, 0.717) is 5.02 Å². The van der Waals surface area contributed by atoms with Crippen molar-refractivity contribution in [1.82, 2.24) is 0 Å². The lowest BCUT2D eigenvalue weighted by Crippen LogP contribution is -1.85. The van der Waals surface area contributed by atoms with Crippen molar-refractivity contribution in [2.75, 3.05) is 0 Å². The number of benzene rings is 2. The third kappa shape index (κ3) is 2.77. The molecule has 0 amide bonds. The Morgan fingerprint density at radius 2 is 1.50 bits per heavy atom. The highest BCUT2D eigenvalue weighted by Gasteiger charge is 1.99. The molecule has 0 aliphatic rings. The fourth-order valence-electron chi connectivity index (χ4n) is 1.50. The summed E-state index contributed by atoms with van der Waals surface area (Å²) < 4.78 is 5.71. The molecule has 0 aromatic heterocycles. The van der Waals surface area contributed by atoms with Crippen molar-refractivity contribution in [2.24, 2.45) is 0 Å². The van der Waals surface area contributed by atoms with Gasteiger partial charge in [-0.1, -0.05) is 29.3 Å². The van der Waals surface area contributed by atoms with Crippen LogP contribution in [0.2, 0.25) is 5.02 Å². The van der Waals surface area contributed by atoms with Gasteiger partial charge in [-0.2, -0.15) is 0 Å². The predicted molar refractivity (Wildman–Crippen MR) is 67.4 cm³/mol. The lowest BCUT2D eigenvalue weighted by atomic mass is 10.2. The highest BCUT2D eigenvalue weighted by atomic mass is 35.5. The summed E-state index contributed by atoms with van der Waals surface area (Å²) in [6.45, 7) is 4.04. The molecule has 0 fully saturated rings. The molecule has 0 aliphatic heterocycles. The lowest BCUT2D eigenvalue weighted by Gasteiger charge is -2.07. The molecule has 2 rings (SSSR count). The van der Waals surface area contributed by atoms with E-state index in [1.807, 2.05) is 56.3 Å². The van der Waals surface area contributed by atoms with Crippen molar-refractivity contribution in [3.05, 3.63) is 58.6 Å². The van der Waals surface area contributed by atoms with E-state index in [9.17, 15) is 0 Å². The number of halogens is 1. The van der Waals surface area contributed by atoms with Crippen LogP contribution in [0.25, 0.3) is 0 Å². The maximum absolute atomic E-state index is 5.96. The summed E-state index contributed by atoms with van der Waals surface area (Å²) in [5.41, 5.74) is 2.31. The van der Waals surface area contributed by atoms with Crippen LogP contribution in [0.1, 0.15) is 11.1 Å². The fraction of sp³-hybridized carbons (Fsp3) is 0.143. The van der Waals surface area contributed by atoms with Gasteiger partial charge < -0.3 is 4.74 Å². The lowest BCUT2D eigenvalue weighted by molar-refractivity contribution is 0.482. The van der Waals surface area contributed by atoms with Crippen molar-refractivity contribution >= 4 is 11.6 Å². The van der Waals surface area contributed by atoms with E-state index in [-0.39, 0.29) is 0 Å². The molecule has 1 nitrogen and oxygen atoms in total. The van der Waals surface area contributed by atoms with Gasteiger partial charge in [0.05, 0.1) is 0 Å². The predicted octanol–water partition coefficient (Wildman–Crippen LogP) is 4.75. The molecule has 16 heavy (non-hydrogen) atoms. The normalized spacial score (nSPS) is 10.2. The Hall–Kier alpha value is -1.47. The van der Waals surface area contributed by atoms with Crippen LogP contribution in [-0.4, -0.2) is 0 Å². The first-order chi connectivity index (χ1) is 7.63. The Morgan fingerprint density at radius 1 is 0.812 bits per heavy atom. The van der Waals surface area contributed by atoms with Gasteiger partial charge in [0.2, 0.25) is 0 Å². The first kappa shape index (κ1) is 11.0. The Morgan fingerprint density at radius 3 is 2.12 bits per heavy atom. The van der Waals surface area contributed by atoms with Crippen molar-refractivity contribution in [1.29, 1.82) is 0 Å². The van der Waals surface area contributed by atoms with Crippen molar-refractivity contribution in [3.8, 4) is 11.5 Å². The first-order valence-electron chi connectivity index (χ1n) is 5.15. The molecule has 0 heterocycles. The van der Waals surface area contributed by atoms with Crippen LogP contribution < -0.4 is 4.74 Å². The zero-order valence-electron chi connectivity index (χ0n) is 9.33. The average molecular weight is 233 g/mol. The standard InChI is InChI=1S/C14H13ClO/c1-10-3-5-13(6-4-10)16-14-8-11(2)7-12(15)9-14/h3-9H,1-2H3. The van der Waals surface area contributed by atoms with Gasteiger partial charge in [0.1, 0.15) is 11.5 Å². The van der Waals surface area contributed by atoms with E-state index < -0.39 is 0 Å². The summed E-state index contributed by atoms with van der Waals surface area (Å²) >= 11 is 5.96. The minimum Gasteiger partial charge on any atom is -0.457 e. The molecule has 0 spiro atoms. The van der Waals surface area contributed by atoms with E-state index in [2.05, 4.69) is 0 Å². The topological polar surface area (TPSA) is 9.23 Å². The van der Waals surface area contributed by atoms with Gasteiger partial charge in [0, 0.05) is 5.02 Å². The summed E-state index contributed by atoms with van der Waals surface area (Å²) in [7, 11) is 0. The minimum atomic E-state index is 0.696. The van der Waals surface area contributed by atoms with E-state index >= 15 is 0 Å². The number of rotatable bonds is 2. The molecule has 0 bridgehead atoms. The average Bonchev–Trinajstić information content (AvgIpc) is 2.20. The molecule has 2 aromatic rings. The second-order valence-corrected chi connectivity index (χ2v) is 4.32. The monoisotopic (exact) mass is 232 g/mol. The van der Waals surface area contributed by atoms with Gasteiger partial charge in [-0.25, -0.2) is 0 Å². The van der Waals surface area contributed by atoms with Gasteiger partial charge in [0.15, 0.2) is 0 Å². The molecule has 0 atom stereocenters. The van der Waals surface area contributed by atoms with Crippen molar-refractivity contribution in [3.63, 3.8) is 0 Å². The smallest absolute Gasteiger partial charge is 0.129 e. The van der Waals surface area contributed by atoms with E-state index in [4.69, 9.17) is 16.3 Å². The Labute approximate surface area is 101 Å². The van der Waals surface area contributed by atoms with Gasteiger partial charge in [-0.15, -0.1) is 0 Å². The maximum Gasteiger partial charge on any atom is 0.129 e. The van der Waals surface area contributed by atoms with Crippen LogP contribution in [-0.2, 0) is 0 Å². The van der Waals surface area contributed by atoms with Crippen molar-refractivity contribution in [2.45, 2.75) is 13.8 Å². The molecule has 0 saturated carbocycles. The number of ether oxygens (including phenoxy) is 1. The number of hydrogen-bond acceptors (Lipinski definition) is 1. The van der Waals surface area contributed by atoms with E-state index in [1.165, 1.54) is 5.56 Å². The summed E-state index contributed by atoms with van der Waals surface area (Å²) in [6, 6.07) is 13.6. The molecule has 2 aromatic carbocycles. The zero-order valence-corrected chi connectivity index (χ0v) is 10.1. The molecular weight excluding hydrogens is 220 g/mol. The van der Waals surface area contributed by atoms with Crippen LogP contribution in [0.4, 0.5) is 0 Å². The molecule has 0 aliphatic carbocycles. The molecule has 0 radical (unpaired) electrons. The van der Waals surface area contributed by atoms with Gasteiger partial charge >= 0.3 is 0 Å². The molecule has 0 unspecified atom stereocenters. The van der Waals surface area contributed by atoms with E-state index in [1.54, 1.807) is 0 Å². The Kier molecular flexibility index (Phi) is 3.16. The quantitative estimate of drug-likeness (QED) is 0.726. The highest BCUT2D eigenvalue weighted by molar-refractivity contribution is 6.30. The Bertz CT molecular complexity index is 468. The van der Waals surface area contributed by atoms with Crippen LogP contribution >= 0.6 is 11.6 Å². The number of aryl methyl sites for hydroxylation is 2. The molecular formula is C14H13ClO. The van der Waals surface area contributed by atoms with Crippen LogP contribution in [0, 0.1) is 13.8 Å². The van der Waals surface area contributed by atoms with Crippen LogP contribution in [0.3, 0.4) is 0 Å². The fourth-order valence-corrected chi connectivity index (χ4v) is 1.78. The zero-order chi connectivity index (χ0) is 11.5. The summed E-state index contributed by atoms with van der Waals surface area (Å²) in [5.74, 6) is 1.60.